The van der Waals surface area contributed by atoms with E-state index in [4.69, 9.17) is 11.5 Å². The topological polar surface area (TPSA) is 82.1 Å². The molecule has 0 aliphatic rings. The summed E-state index contributed by atoms with van der Waals surface area (Å²) in [7, 11) is 1.68. The zero-order valence-corrected chi connectivity index (χ0v) is 10.5. The first-order chi connectivity index (χ1) is 9.11. The third-order valence-electron chi connectivity index (χ3n) is 2.87. The maximum atomic E-state index is 12.2. The van der Waals surface area contributed by atoms with Gasteiger partial charge in [-0.1, -0.05) is 5.92 Å². The Hall–Kier alpha value is -2.33. The van der Waals surface area contributed by atoms with E-state index in [0.717, 1.165) is 4.57 Å². The summed E-state index contributed by atoms with van der Waals surface area (Å²) in [5.41, 5.74) is -0.298. The van der Waals surface area contributed by atoms with E-state index in [2.05, 4.69) is 10.9 Å². The number of aromatic nitrogens is 4. The van der Waals surface area contributed by atoms with E-state index >= 15 is 0 Å². The van der Waals surface area contributed by atoms with Gasteiger partial charge in [0.05, 0.1) is 12.9 Å². The van der Waals surface area contributed by atoms with Crippen molar-refractivity contribution in [2.75, 3.05) is 6.61 Å². The van der Waals surface area contributed by atoms with Crippen LogP contribution in [0.1, 0.15) is 6.42 Å². The highest BCUT2D eigenvalue weighted by Crippen LogP contribution is 2.05. The number of nitrogens with zero attached hydrogens (tertiary/aromatic N) is 4. The Morgan fingerprint density at radius 3 is 2.79 bits per heavy atom. The number of fused-ring (bicyclic) bond motifs is 1. The number of hydrogen-bond donors (Lipinski definition) is 1. The van der Waals surface area contributed by atoms with Crippen LogP contribution in [-0.2, 0) is 20.1 Å². The molecule has 0 unspecified atom stereocenters. The molecule has 19 heavy (non-hydrogen) atoms. The predicted octanol–water partition coefficient (Wildman–Crippen LogP) is -1.09. The monoisotopic (exact) mass is 262 g/mol. The molecule has 0 aliphatic carbocycles. The minimum atomic E-state index is -0.498. The number of imidazole rings is 1. The average Bonchev–Trinajstić information content (AvgIpc) is 2.77. The minimum absolute atomic E-state index is 0.0466. The molecule has 0 fully saturated rings. The number of rotatable bonds is 4. The summed E-state index contributed by atoms with van der Waals surface area (Å²) in [4.78, 5) is 28.5. The Bertz CT molecular complexity index is 760. The molecule has 2 aromatic rings. The molecule has 0 aliphatic heterocycles. The van der Waals surface area contributed by atoms with Crippen LogP contribution in [0, 0.1) is 12.3 Å². The van der Waals surface area contributed by atoms with Crippen molar-refractivity contribution in [1.82, 2.24) is 18.7 Å². The third kappa shape index (κ3) is 2.06. The van der Waals surface area contributed by atoms with Crippen LogP contribution in [-0.4, -0.2) is 30.4 Å². The smallest absolute Gasteiger partial charge is 0.333 e. The Labute approximate surface area is 108 Å². The average molecular weight is 262 g/mol. The lowest BCUT2D eigenvalue weighted by Gasteiger charge is -2.09. The fourth-order valence-corrected chi connectivity index (χ4v) is 1.97. The maximum Gasteiger partial charge on any atom is 0.333 e. The van der Waals surface area contributed by atoms with Crippen molar-refractivity contribution in [1.29, 1.82) is 0 Å². The van der Waals surface area contributed by atoms with Gasteiger partial charge in [0.15, 0.2) is 11.2 Å². The van der Waals surface area contributed by atoms with Gasteiger partial charge in [0.2, 0.25) is 0 Å². The summed E-state index contributed by atoms with van der Waals surface area (Å²) in [6, 6.07) is 0. The van der Waals surface area contributed by atoms with E-state index in [1.807, 2.05) is 0 Å². The van der Waals surface area contributed by atoms with Gasteiger partial charge in [-0.2, -0.15) is 0 Å². The van der Waals surface area contributed by atoms with Gasteiger partial charge in [0, 0.05) is 20.2 Å². The van der Waals surface area contributed by atoms with E-state index in [9.17, 15) is 9.59 Å². The molecule has 2 rings (SSSR count). The Morgan fingerprint density at radius 2 is 2.16 bits per heavy atom. The summed E-state index contributed by atoms with van der Waals surface area (Å²) >= 11 is 0. The quantitative estimate of drug-likeness (QED) is 0.710. The van der Waals surface area contributed by atoms with E-state index in [1.54, 1.807) is 11.6 Å². The molecule has 0 radical (unpaired) electrons. The first kappa shape index (κ1) is 13.1. The number of aryl methyl sites for hydroxylation is 2. The summed E-state index contributed by atoms with van der Waals surface area (Å²) in [6.45, 7) is 0.153. The van der Waals surface area contributed by atoms with E-state index in [-0.39, 0.29) is 19.7 Å². The second kappa shape index (κ2) is 5.12. The number of terminal acetylenes is 1. The Balaban J connectivity index is 2.82. The second-order valence-corrected chi connectivity index (χ2v) is 4.13. The van der Waals surface area contributed by atoms with Gasteiger partial charge in [0.1, 0.15) is 0 Å². The van der Waals surface area contributed by atoms with Gasteiger partial charge >= 0.3 is 5.69 Å². The zero-order valence-electron chi connectivity index (χ0n) is 10.5. The molecule has 0 saturated carbocycles. The van der Waals surface area contributed by atoms with Crippen molar-refractivity contribution < 1.29 is 5.11 Å². The largest absolute Gasteiger partial charge is 0.396 e. The van der Waals surface area contributed by atoms with Crippen molar-refractivity contribution in [3.8, 4) is 12.3 Å². The van der Waals surface area contributed by atoms with Crippen LogP contribution >= 0.6 is 0 Å². The van der Waals surface area contributed by atoms with Crippen LogP contribution in [0.25, 0.3) is 11.2 Å². The molecule has 2 heterocycles. The van der Waals surface area contributed by atoms with Crippen LogP contribution in [0.3, 0.4) is 0 Å². The molecule has 0 bridgehead atoms. The molecule has 0 spiro atoms. The lowest BCUT2D eigenvalue weighted by atomic mass is 10.4. The first-order valence-electron chi connectivity index (χ1n) is 5.80. The summed E-state index contributed by atoms with van der Waals surface area (Å²) < 4.78 is 3.92. The van der Waals surface area contributed by atoms with Crippen molar-refractivity contribution in [3.05, 3.63) is 27.2 Å². The highest BCUT2D eigenvalue weighted by Gasteiger charge is 2.15. The normalized spacial score (nSPS) is 10.8. The van der Waals surface area contributed by atoms with Crippen LogP contribution in [0.5, 0.6) is 0 Å². The molecular weight excluding hydrogens is 248 g/mol. The van der Waals surface area contributed by atoms with Crippen molar-refractivity contribution in [2.45, 2.75) is 19.5 Å². The van der Waals surface area contributed by atoms with Gasteiger partial charge in [-0.15, -0.1) is 6.42 Å². The van der Waals surface area contributed by atoms with Crippen molar-refractivity contribution in [2.24, 2.45) is 7.05 Å². The van der Waals surface area contributed by atoms with E-state index in [1.165, 1.54) is 10.9 Å². The molecule has 0 atom stereocenters. The van der Waals surface area contributed by atoms with Gasteiger partial charge in [-0.3, -0.25) is 9.36 Å². The number of hydrogen-bond acceptors (Lipinski definition) is 4. The summed E-state index contributed by atoms with van der Waals surface area (Å²) in [6.07, 6.45) is 7.06. The van der Waals surface area contributed by atoms with Gasteiger partial charge in [-0.25, -0.2) is 14.3 Å². The fraction of sp³-hybridized carbons (Fsp3) is 0.417. The molecular formula is C12H14N4O3. The Kier molecular flexibility index (Phi) is 3.53. The molecule has 0 saturated heterocycles. The van der Waals surface area contributed by atoms with Gasteiger partial charge < -0.3 is 9.67 Å². The zero-order chi connectivity index (χ0) is 14.0. The van der Waals surface area contributed by atoms with Crippen LogP contribution in [0.2, 0.25) is 0 Å². The highest BCUT2D eigenvalue weighted by atomic mass is 16.3. The fourth-order valence-electron chi connectivity index (χ4n) is 1.97. The summed E-state index contributed by atoms with van der Waals surface area (Å²) in [5, 5.41) is 8.88. The SMILES string of the molecule is C#CCn1c(=O)c2c(ncn2C)n(CCCO)c1=O. The maximum absolute atomic E-state index is 12.2. The Morgan fingerprint density at radius 1 is 1.42 bits per heavy atom. The third-order valence-corrected chi connectivity index (χ3v) is 2.87. The van der Waals surface area contributed by atoms with Gasteiger partial charge in [0.25, 0.3) is 5.56 Å². The molecule has 100 valence electrons. The van der Waals surface area contributed by atoms with Gasteiger partial charge in [-0.05, 0) is 6.42 Å². The molecule has 7 nitrogen and oxygen atoms in total. The first-order valence-corrected chi connectivity index (χ1v) is 5.80. The molecule has 2 aromatic heterocycles. The second-order valence-electron chi connectivity index (χ2n) is 4.13. The number of aliphatic hydroxyl groups excluding tert-OH is 1. The molecule has 7 heteroatoms. The number of aliphatic hydroxyl groups is 1. The predicted molar refractivity (Wildman–Crippen MR) is 69.8 cm³/mol. The minimum Gasteiger partial charge on any atom is -0.396 e. The molecule has 1 N–H and O–H groups in total. The van der Waals surface area contributed by atoms with Crippen molar-refractivity contribution in [3.63, 3.8) is 0 Å². The lowest BCUT2D eigenvalue weighted by Crippen LogP contribution is -2.40. The van der Waals surface area contributed by atoms with E-state index in [0.29, 0.717) is 17.6 Å². The van der Waals surface area contributed by atoms with Crippen LogP contribution in [0.15, 0.2) is 15.9 Å². The van der Waals surface area contributed by atoms with E-state index < -0.39 is 11.2 Å². The van der Waals surface area contributed by atoms with Crippen LogP contribution in [0.4, 0.5) is 0 Å². The molecule has 0 aromatic carbocycles. The summed E-state index contributed by atoms with van der Waals surface area (Å²) in [5.74, 6) is 2.30. The lowest BCUT2D eigenvalue weighted by molar-refractivity contribution is 0.279. The van der Waals surface area contributed by atoms with Crippen LogP contribution < -0.4 is 11.2 Å². The highest BCUT2D eigenvalue weighted by molar-refractivity contribution is 5.69. The standard InChI is InChI=1S/C12H14N4O3/c1-3-5-16-11(18)9-10(13-8-14(9)2)15(12(16)19)6-4-7-17/h1,8,17H,4-7H2,2H3. The molecule has 0 amide bonds. The van der Waals surface area contributed by atoms with Crippen molar-refractivity contribution >= 4 is 11.2 Å².